The van der Waals surface area contributed by atoms with Gasteiger partial charge in [-0.1, -0.05) is 47.0 Å². The minimum absolute atomic E-state index is 0.519. The van der Waals surface area contributed by atoms with E-state index < -0.39 is 0 Å². The van der Waals surface area contributed by atoms with Crippen LogP contribution in [-0.4, -0.2) is 0 Å². The highest BCUT2D eigenvalue weighted by Gasteiger charge is 2.49. The molecule has 0 aromatic rings. The largest absolute Gasteiger partial charge is 0.106 e. The second kappa shape index (κ2) is 3.40. The first kappa shape index (κ1) is 9.99. The maximum absolute atomic E-state index is 6.01. The van der Waals surface area contributed by atoms with E-state index in [9.17, 15) is 0 Å². The Morgan fingerprint density at radius 1 is 1.33 bits per heavy atom. The maximum atomic E-state index is 6.01. The van der Waals surface area contributed by atoms with E-state index in [1.54, 1.807) is 5.57 Å². The van der Waals surface area contributed by atoms with Crippen molar-refractivity contribution < 1.29 is 0 Å². The van der Waals surface area contributed by atoms with Gasteiger partial charge in [-0.3, -0.25) is 0 Å². The zero-order chi connectivity index (χ0) is 10.6. The molecule has 0 nitrogen and oxygen atoms in total. The Kier molecular flexibility index (Phi) is 2.26. The second-order valence-corrected chi connectivity index (χ2v) is 5.78. The molecule has 0 radical (unpaired) electrons. The van der Waals surface area contributed by atoms with E-state index in [0.29, 0.717) is 22.2 Å². The van der Waals surface area contributed by atoms with Crippen LogP contribution in [0.5, 0.6) is 0 Å². The highest BCUT2D eigenvalue weighted by Crippen LogP contribution is 2.61. The number of fused-ring (bicyclic) bond motifs is 5. The highest BCUT2D eigenvalue weighted by atomic mass is 35.5. The molecule has 0 aliphatic heterocycles. The molecule has 3 aliphatic rings. The topological polar surface area (TPSA) is 0 Å². The van der Waals surface area contributed by atoms with Crippen molar-refractivity contribution in [3.05, 3.63) is 33.9 Å². The van der Waals surface area contributed by atoms with Gasteiger partial charge in [0.2, 0.25) is 0 Å². The predicted molar refractivity (Wildman–Crippen MR) is 64.9 cm³/mol. The van der Waals surface area contributed by atoms with Gasteiger partial charge in [-0.25, -0.2) is 0 Å². The molecule has 3 unspecified atom stereocenters. The Morgan fingerprint density at radius 2 is 2.13 bits per heavy atom. The van der Waals surface area contributed by atoms with Crippen LogP contribution in [0.2, 0.25) is 0 Å². The van der Waals surface area contributed by atoms with Gasteiger partial charge in [-0.2, -0.15) is 0 Å². The fourth-order valence-electron chi connectivity index (χ4n) is 3.70. The molecule has 0 amide bonds. The number of allylic oxidation sites excluding steroid dienone is 4. The third-order valence-electron chi connectivity index (χ3n) is 4.21. The minimum atomic E-state index is 0.519. The van der Waals surface area contributed by atoms with E-state index in [1.807, 2.05) is 0 Å². The summed E-state index contributed by atoms with van der Waals surface area (Å²) in [5, 5.41) is 0. The van der Waals surface area contributed by atoms with Gasteiger partial charge in [-0.15, -0.1) is 0 Å². The summed E-state index contributed by atoms with van der Waals surface area (Å²) in [6.45, 7) is 4.22. The lowest BCUT2D eigenvalue weighted by Gasteiger charge is -2.29. The first-order valence-electron chi connectivity index (χ1n) is 5.63. The van der Waals surface area contributed by atoms with Crippen LogP contribution in [0.1, 0.15) is 25.7 Å². The lowest BCUT2D eigenvalue weighted by atomic mass is 9.75. The first-order chi connectivity index (χ1) is 7.20. The third kappa shape index (κ3) is 1.28. The zero-order valence-corrected chi connectivity index (χ0v) is 10.1. The molecule has 2 bridgehead atoms. The van der Waals surface area contributed by atoms with Crippen LogP contribution in [0.4, 0.5) is 0 Å². The molecular formula is C13H14Cl2. The summed E-state index contributed by atoms with van der Waals surface area (Å²) in [5.41, 5.74) is 4.26. The Bertz CT molecular complexity index is 385. The van der Waals surface area contributed by atoms with Crippen LogP contribution in [0.25, 0.3) is 0 Å². The van der Waals surface area contributed by atoms with E-state index in [2.05, 4.69) is 12.7 Å². The van der Waals surface area contributed by atoms with Crippen LogP contribution in [0, 0.1) is 17.8 Å². The lowest BCUT2D eigenvalue weighted by Crippen LogP contribution is -2.18. The Balaban J connectivity index is 2.11. The molecule has 0 heterocycles. The van der Waals surface area contributed by atoms with Crippen LogP contribution in [0.3, 0.4) is 0 Å². The Labute approximate surface area is 101 Å². The predicted octanol–water partition coefficient (Wildman–Crippen LogP) is 4.61. The molecule has 15 heavy (non-hydrogen) atoms. The first-order valence-corrected chi connectivity index (χ1v) is 6.38. The quantitative estimate of drug-likeness (QED) is 0.543. The van der Waals surface area contributed by atoms with Crippen LogP contribution >= 0.6 is 23.2 Å². The van der Waals surface area contributed by atoms with Gasteiger partial charge in [0.15, 0.2) is 0 Å². The summed E-state index contributed by atoms with van der Waals surface area (Å²) in [6, 6.07) is 0. The summed E-state index contributed by atoms with van der Waals surface area (Å²) in [5.74, 6) is 1.68. The van der Waals surface area contributed by atoms with Gasteiger partial charge in [-0.05, 0) is 37.2 Å². The molecule has 0 saturated heterocycles. The fourth-order valence-corrected chi connectivity index (χ4v) is 4.24. The molecule has 3 rings (SSSR count). The molecule has 2 fully saturated rings. The number of halogens is 2. The van der Waals surface area contributed by atoms with E-state index in [1.165, 1.54) is 24.0 Å². The molecule has 0 aromatic carbocycles. The van der Waals surface area contributed by atoms with E-state index in [0.717, 1.165) is 12.8 Å². The average molecular weight is 241 g/mol. The normalized spacial score (nSPS) is 38.0. The van der Waals surface area contributed by atoms with E-state index in [4.69, 9.17) is 23.2 Å². The molecule has 3 atom stereocenters. The average Bonchev–Trinajstić information content (AvgIpc) is 2.73. The van der Waals surface area contributed by atoms with Gasteiger partial charge in [0.25, 0.3) is 0 Å². The van der Waals surface area contributed by atoms with Crippen molar-refractivity contribution in [3.8, 4) is 0 Å². The van der Waals surface area contributed by atoms with Crippen LogP contribution < -0.4 is 0 Å². The van der Waals surface area contributed by atoms with Crippen molar-refractivity contribution in [2.24, 2.45) is 17.8 Å². The van der Waals surface area contributed by atoms with Crippen molar-refractivity contribution in [2.45, 2.75) is 25.7 Å². The van der Waals surface area contributed by atoms with Crippen molar-refractivity contribution >= 4 is 23.2 Å². The van der Waals surface area contributed by atoms with Gasteiger partial charge in [0, 0.05) is 11.8 Å². The molecule has 3 aliphatic carbocycles. The molecule has 0 spiro atoms. The van der Waals surface area contributed by atoms with Crippen LogP contribution in [0.15, 0.2) is 33.9 Å². The van der Waals surface area contributed by atoms with Gasteiger partial charge < -0.3 is 0 Å². The number of hydrogen-bond acceptors (Lipinski definition) is 0. The molecule has 2 saturated carbocycles. The second-order valence-electron chi connectivity index (χ2n) is 4.83. The molecule has 0 aromatic heterocycles. The maximum Gasteiger partial charge on any atom is 0.106 e. The number of hydrogen-bond donors (Lipinski definition) is 0. The number of rotatable bonds is 0. The highest BCUT2D eigenvalue weighted by molar-refractivity contribution is 6.56. The summed E-state index contributed by atoms with van der Waals surface area (Å²) in [6.07, 6.45) is 7.17. The Morgan fingerprint density at radius 3 is 2.80 bits per heavy atom. The van der Waals surface area contributed by atoms with Gasteiger partial charge >= 0.3 is 0 Å². The van der Waals surface area contributed by atoms with Crippen molar-refractivity contribution in [2.75, 3.05) is 0 Å². The lowest BCUT2D eigenvalue weighted by molar-refractivity contribution is 0.447. The van der Waals surface area contributed by atoms with Crippen molar-refractivity contribution in [1.29, 1.82) is 0 Å². The standard InChI is InChI=1S/C13H14Cl2/c1-7-3-2-4-8-9-5-6-10(11(7)8)12(9)13(14)15/h4,9-11H,1-3,5-6H2. The molecular weight excluding hydrogens is 227 g/mol. The smallest absolute Gasteiger partial charge is 0.0992 e. The summed E-state index contributed by atoms with van der Waals surface area (Å²) in [7, 11) is 0. The molecule has 80 valence electrons. The Hall–Kier alpha value is -0.200. The summed E-state index contributed by atoms with van der Waals surface area (Å²) in [4.78, 5) is 0. The third-order valence-corrected chi connectivity index (χ3v) is 4.65. The SMILES string of the molecule is C=C1CCC=C2C3CCC(C3=C(Cl)Cl)C12. The monoisotopic (exact) mass is 240 g/mol. The zero-order valence-electron chi connectivity index (χ0n) is 8.60. The van der Waals surface area contributed by atoms with Crippen molar-refractivity contribution in [3.63, 3.8) is 0 Å². The summed E-state index contributed by atoms with van der Waals surface area (Å²) >= 11 is 12.0. The minimum Gasteiger partial charge on any atom is -0.0992 e. The van der Waals surface area contributed by atoms with Gasteiger partial charge in [0.05, 0.1) is 0 Å². The summed E-state index contributed by atoms with van der Waals surface area (Å²) < 4.78 is 0.519. The molecule has 2 heteroatoms. The van der Waals surface area contributed by atoms with E-state index in [-0.39, 0.29) is 0 Å². The van der Waals surface area contributed by atoms with Crippen LogP contribution in [-0.2, 0) is 0 Å². The van der Waals surface area contributed by atoms with Gasteiger partial charge in [0.1, 0.15) is 4.49 Å². The van der Waals surface area contributed by atoms with Crippen molar-refractivity contribution in [1.82, 2.24) is 0 Å². The molecule has 0 N–H and O–H groups in total. The fraction of sp³-hybridized carbons (Fsp3) is 0.538. The van der Waals surface area contributed by atoms with E-state index >= 15 is 0 Å².